The molecule has 32 heavy (non-hydrogen) atoms. The Morgan fingerprint density at radius 2 is 1.72 bits per heavy atom. The molecule has 6 heteroatoms. The van der Waals surface area contributed by atoms with Crippen LogP contribution in [0, 0.1) is 5.39 Å². The SMILES string of the molecule is CCCCCCCCOc1cc2c(cc1[N+]#N)sc(=NCCCC)n2Cc1ccccc1. The van der Waals surface area contributed by atoms with Crippen molar-refractivity contribution < 1.29 is 4.74 Å². The molecule has 0 aliphatic rings. The first-order valence-electron chi connectivity index (χ1n) is 12.0. The number of diazo groups is 1. The van der Waals surface area contributed by atoms with Crippen LogP contribution in [0.2, 0.25) is 0 Å². The van der Waals surface area contributed by atoms with Crippen molar-refractivity contribution >= 4 is 27.2 Å². The summed E-state index contributed by atoms with van der Waals surface area (Å²) in [5, 5.41) is 9.58. The van der Waals surface area contributed by atoms with Gasteiger partial charge in [-0.15, -0.1) is 0 Å². The summed E-state index contributed by atoms with van der Waals surface area (Å²) in [6.45, 7) is 6.61. The second kappa shape index (κ2) is 13.0. The van der Waals surface area contributed by atoms with E-state index in [9.17, 15) is 5.39 Å². The van der Waals surface area contributed by atoms with E-state index in [1.165, 1.54) is 37.7 Å². The van der Waals surface area contributed by atoms with Crippen molar-refractivity contribution in [1.29, 1.82) is 5.39 Å². The van der Waals surface area contributed by atoms with E-state index in [1.54, 1.807) is 11.3 Å². The first kappa shape index (κ1) is 24.0. The summed E-state index contributed by atoms with van der Waals surface area (Å²) in [4.78, 5) is 9.37. The highest BCUT2D eigenvalue weighted by molar-refractivity contribution is 7.16. The topological polar surface area (TPSA) is 54.7 Å². The second-order valence-corrected chi connectivity index (χ2v) is 9.20. The van der Waals surface area contributed by atoms with Gasteiger partial charge in [-0.2, -0.15) is 0 Å². The molecule has 1 aromatic heterocycles. The predicted octanol–water partition coefficient (Wildman–Crippen LogP) is 7.68. The van der Waals surface area contributed by atoms with Crippen LogP contribution < -0.4 is 9.54 Å². The predicted molar refractivity (Wildman–Crippen MR) is 134 cm³/mol. The smallest absolute Gasteiger partial charge is 0.427 e. The maximum Gasteiger partial charge on any atom is 0.427 e. The van der Waals surface area contributed by atoms with Crippen molar-refractivity contribution in [1.82, 2.24) is 4.57 Å². The van der Waals surface area contributed by atoms with E-state index in [0.717, 1.165) is 47.4 Å². The molecule has 3 rings (SSSR count). The molecule has 0 aliphatic heterocycles. The summed E-state index contributed by atoms with van der Waals surface area (Å²) in [5.41, 5.74) is 2.78. The number of aromatic nitrogens is 1. The van der Waals surface area contributed by atoms with Gasteiger partial charge < -0.3 is 9.30 Å². The quantitative estimate of drug-likeness (QED) is 0.198. The molecule has 0 unspecified atom stereocenters. The molecule has 170 valence electrons. The van der Waals surface area contributed by atoms with E-state index >= 15 is 0 Å². The third-order valence-corrected chi connectivity index (χ3v) is 6.65. The average Bonchev–Trinajstić information content (AvgIpc) is 3.14. The van der Waals surface area contributed by atoms with Crippen LogP contribution in [0.15, 0.2) is 47.5 Å². The molecule has 0 spiro atoms. The van der Waals surface area contributed by atoms with Crippen LogP contribution in [-0.4, -0.2) is 17.7 Å². The number of hydrogen-bond acceptors (Lipinski definition) is 4. The molecule has 0 fully saturated rings. The van der Waals surface area contributed by atoms with Gasteiger partial charge >= 0.3 is 5.69 Å². The van der Waals surface area contributed by atoms with Crippen molar-refractivity contribution in [2.45, 2.75) is 71.8 Å². The van der Waals surface area contributed by atoms with Crippen LogP contribution in [0.3, 0.4) is 0 Å². The molecule has 0 saturated carbocycles. The van der Waals surface area contributed by atoms with Crippen molar-refractivity contribution in [3.63, 3.8) is 0 Å². The second-order valence-electron chi connectivity index (χ2n) is 8.20. The molecule has 0 amide bonds. The Labute approximate surface area is 195 Å². The van der Waals surface area contributed by atoms with Crippen LogP contribution in [0.25, 0.3) is 15.2 Å². The highest BCUT2D eigenvalue weighted by Crippen LogP contribution is 2.34. The van der Waals surface area contributed by atoms with Gasteiger partial charge in [0.2, 0.25) is 11.1 Å². The lowest BCUT2D eigenvalue weighted by Gasteiger charge is -2.08. The lowest BCUT2D eigenvalue weighted by Crippen LogP contribution is -2.16. The molecule has 0 bridgehead atoms. The fourth-order valence-electron chi connectivity index (χ4n) is 3.72. The van der Waals surface area contributed by atoms with Crippen LogP contribution in [0.5, 0.6) is 5.75 Å². The molecule has 0 saturated heterocycles. The molecule has 0 atom stereocenters. The Balaban J connectivity index is 1.86. The molecular weight excluding hydrogens is 416 g/mol. The fourth-order valence-corrected chi connectivity index (χ4v) is 4.79. The first-order valence-corrected chi connectivity index (χ1v) is 12.8. The van der Waals surface area contributed by atoms with E-state index in [4.69, 9.17) is 9.73 Å². The number of unbranched alkanes of at least 4 members (excludes halogenated alkanes) is 6. The minimum Gasteiger partial charge on any atom is -0.486 e. The van der Waals surface area contributed by atoms with Gasteiger partial charge in [-0.25, -0.2) is 0 Å². The van der Waals surface area contributed by atoms with E-state index in [-0.39, 0.29) is 0 Å². The molecular formula is C26H35N4OS+. The number of thiazole rings is 1. The number of fused-ring (bicyclic) bond motifs is 1. The zero-order valence-corrected chi connectivity index (χ0v) is 20.2. The van der Waals surface area contributed by atoms with Crippen molar-refractivity contribution in [2.24, 2.45) is 4.99 Å². The van der Waals surface area contributed by atoms with Crippen molar-refractivity contribution in [3.8, 4) is 5.75 Å². The maximum absolute atomic E-state index is 9.58. The van der Waals surface area contributed by atoms with Gasteiger partial charge in [-0.1, -0.05) is 94.0 Å². The molecule has 0 N–H and O–H groups in total. The summed E-state index contributed by atoms with van der Waals surface area (Å²) in [7, 11) is 0. The van der Waals surface area contributed by atoms with E-state index in [2.05, 4.69) is 47.7 Å². The third kappa shape index (κ3) is 6.67. The number of ether oxygens (including phenoxy) is 1. The van der Waals surface area contributed by atoms with Crippen molar-refractivity contribution in [2.75, 3.05) is 13.2 Å². The van der Waals surface area contributed by atoms with Crippen LogP contribution in [-0.2, 0) is 6.54 Å². The molecule has 0 aliphatic carbocycles. The summed E-state index contributed by atoms with van der Waals surface area (Å²) < 4.78 is 9.37. The summed E-state index contributed by atoms with van der Waals surface area (Å²) in [6, 6.07) is 14.4. The highest BCUT2D eigenvalue weighted by atomic mass is 32.1. The third-order valence-electron chi connectivity index (χ3n) is 5.57. The summed E-state index contributed by atoms with van der Waals surface area (Å²) in [6.07, 6.45) is 9.47. The average molecular weight is 452 g/mol. The molecule has 2 aromatic carbocycles. The lowest BCUT2D eigenvalue weighted by molar-refractivity contribution is 0.306. The van der Waals surface area contributed by atoms with Crippen molar-refractivity contribution in [3.05, 3.63) is 57.8 Å². The molecule has 1 heterocycles. The standard InChI is InChI=1S/C26H35N4OS/c1-3-5-7-8-9-13-17-31-24-19-23-25(18-22(24)29-27)32-26(28-16-6-4-2)30(23)20-21-14-11-10-12-15-21/h10-12,14-15,18-19H,3-9,13,16-17,20H2,1-2H3/q+1. The minimum absolute atomic E-state index is 0.483. The fraction of sp³-hybridized carbons (Fsp3) is 0.500. The Bertz CT molecular complexity index is 1080. The zero-order chi connectivity index (χ0) is 22.6. The zero-order valence-electron chi connectivity index (χ0n) is 19.4. The Hall–Kier alpha value is -2.65. The Morgan fingerprint density at radius 1 is 0.969 bits per heavy atom. The van der Waals surface area contributed by atoms with Crippen LogP contribution in [0.1, 0.15) is 70.8 Å². The number of nitrogens with zero attached hydrogens (tertiary/aromatic N) is 4. The van der Waals surface area contributed by atoms with Gasteiger partial charge in [0, 0.05) is 12.6 Å². The number of hydrogen-bond donors (Lipinski definition) is 0. The molecule has 3 aromatic rings. The van der Waals surface area contributed by atoms with Gasteiger partial charge in [-0.05, 0) is 18.4 Å². The summed E-state index contributed by atoms with van der Waals surface area (Å²) >= 11 is 1.64. The monoisotopic (exact) mass is 451 g/mol. The number of benzene rings is 2. The van der Waals surface area contributed by atoms with Gasteiger partial charge in [-0.3, -0.25) is 4.99 Å². The molecule has 5 nitrogen and oxygen atoms in total. The highest BCUT2D eigenvalue weighted by Gasteiger charge is 2.20. The largest absolute Gasteiger partial charge is 0.486 e. The lowest BCUT2D eigenvalue weighted by atomic mass is 10.1. The van der Waals surface area contributed by atoms with Crippen LogP contribution >= 0.6 is 11.3 Å². The van der Waals surface area contributed by atoms with E-state index < -0.39 is 0 Å². The maximum atomic E-state index is 9.58. The van der Waals surface area contributed by atoms with Gasteiger partial charge in [0.25, 0.3) is 0 Å². The van der Waals surface area contributed by atoms with E-state index in [0.29, 0.717) is 18.0 Å². The van der Waals surface area contributed by atoms with Gasteiger partial charge in [0.1, 0.15) is 0 Å². The van der Waals surface area contributed by atoms with Gasteiger partial charge in [0.05, 0.1) is 29.4 Å². The van der Waals surface area contributed by atoms with Gasteiger partial charge in [0.15, 0.2) is 9.78 Å². The Morgan fingerprint density at radius 3 is 2.47 bits per heavy atom. The van der Waals surface area contributed by atoms with E-state index in [1.807, 2.05) is 18.2 Å². The minimum atomic E-state index is 0.483. The number of rotatable bonds is 13. The normalized spacial score (nSPS) is 11.7. The van der Waals surface area contributed by atoms with Crippen LogP contribution in [0.4, 0.5) is 5.69 Å². The molecule has 0 radical (unpaired) electrons. The Kier molecular flexibility index (Phi) is 9.77. The summed E-state index contributed by atoms with van der Waals surface area (Å²) in [5.74, 6) is 0.633. The first-order chi connectivity index (χ1) is 15.8.